The van der Waals surface area contributed by atoms with Gasteiger partial charge in [0, 0.05) is 24.7 Å². The van der Waals surface area contributed by atoms with Crippen molar-refractivity contribution in [2.45, 2.75) is 23.1 Å². The summed E-state index contributed by atoms with van der Waals surface area (Å²) in [6.07, 6.45) is 1.11. The number of halogens is 1. The first kappa shape index (κ1) is 17.1. The van der Waals surface area contributed by atoms with Gasteiger partial charge in [-0.1, -0.05) is 6.07 Å². The number of carbonyl (C=O) groups excluding carboxylic acids is 1. The molecule has 0 aliphatic carbocycles. The fraction of sp³-hybridized carbons (Fsp3) is 0.312. The van der Waals surface area contributed by atoms with Gasteiger partial charge in [-0.25, -0.2) is 17.5 Å². The SMILES string of the molecule is O=C(c1ccc(F)cc1)N1CCC(NS(=O)(=O)c2cccs2)CC1. The zero-order valence-corrected chi connectivity index (χ0v) is 14.4. The van der Waals surface area contributed by atoms with Crippen LogP contribution in [-0.4, -0.2) is 38.4 Å². The van der Waals surface area contributed by atoms with E-state index in [1.165, 1.54) is 35.6 Å². The van der Waals surface area contributed by atoms with Gasteiger partial charge >= 0.3 is 0 Å². The van der Waals surface area contributed by atoms with Gasteiger partial charge in [0.05, 0.1) is 0 Å². The first-order valence-corrected chi connectivity index (χ1v) is 9.93. The molecule has 0 radical (unpaired) electrons. The third-order valence-corrected chi connectivity index (χ3v) is 6.87. The number of hydrogen-bond donors (Lipinski definition) is 1. The maximum atomic E-state index is 12.9. The monoisotopic (exact) mass is 368 g/mol. The van der Waals surface area contributed by atoms with Gasteiger partial charge in [0.1, 0.15) is 10.0 Å². The quantitative estimate of drug-likeness (QED) is 0.902. The minimum atomic E-state index is -3.49. The van der Waals surface area contributed by atoms with E-state index in [9.17, 15) is 17.6 Å². The van der Waals surface area contributed by atoms with E-state index in [4.69, 9.17) is 0 Å². The van der Waals surface area contributed by atoms with Crippen molar-refractivity contribution in [3.8, 4) is 0 Å². The van der Waals surface area contributed by atoms with Crippen LogP contribution in [0.2, 0.25) is 0 Å². The van der Waals surface area contributed by atoms with Crippen LogP contribution in [0, 0.1) is 5.82 Å². The van der Waals surface area contributed by atoms with Gasteiger partial charge in [0.2, 0.25) is 10.0 Å². The number of likely N-dealkylation sites (tertiary alicyclic amines) is 1. The van der Waals surface area contributed by atoms with Crippen molar-refractivity contribution in [2.24, 2.45) is 0 Å². The van der Waals surface area contributed by atoms with Crippen LogP contribution in [-0.2, 0) is 10.0 Å². The molecule has 0 spiro atoms. The molecule has 0 atom stereocenters. The molecule has 1 aliphatic rings. The number of sulfonamides is 1. The Balaban J connectivity index is 1.58. The predicted octanol–water partition coefficient (Wildman–Crippen LogP) is 2.47. The van der Waals surface area contributed by atoms with Gasteiger partial charge in [-0.2, -0.15) is 0 Å². The molecule has 5 nitrogen and oxygen atoms in total. The van der Waals surface area contributed by atoms with E-state index in [-0.39, 0.29) is 17.8 Å². The Hall–Kier alpha value is -1.77. The smallest absolute Gasteiger partial charge is 0.253 e. The lowest BCUT2D eigenvalue weighted by Crippen LogP contribution is -2.46. The summed E-state index contributed by atoms with van der Waals surface area (Å²) < 4.78 is 40.4. The van der Waals surface area contributed by atoms with Crippen LogP contribution < -0.4 is 4.72 Å². The second kappa shape index (κ2) is 7.00. The molecule has 1 fully saturated rings. The molecule has 0 saturated carbocycles. The molecule has 2 heterocycles. The number of piperidine rings is 1. The van der Waals surface area contributed by atoms with Crippen LogP contribution in [0.25, 0.3) is 0 Å². The molecule has 0 unspecified atom stereocenters. The van der Waals surface area contributed by atoms with Gasteiger partial charge in [0.15, 0.2) is 0 Å². The highest BCUT2D eigenvalue weighted by molar-refractivity contribution is 7.91. The lowest BCUT2D eigenvalue weighted by atomic mass is 10.0. The van der Waals surface area contributed by atoms with Gasteiger partial charge in [0.25, 0.3) is 5.91 Å². The van der Waals surface area contributed by atoms with Crippen molar-refractivity contribution in [1.82, 2.24) is 9.62 Å². The number of thiophene rings is 1. The fourth-order valence-electron chi connectivity index (χ4n) is 2.67. The zero-order valence-electron chi connectivity index (χ0n) is 12.8. The van der Waals surface area contributed by atoms with Crippen molar-refractivity contribution in [2.75, 3.05) is 13.1 Å². The average Bonchev–Trinajstić information content (AvgIpc) is 3.11. The standard InChI is InChI=1S/C16H17FN2O3S2/c17-13-5-3-12(4-6-13)16(20)19-9-7-14(8-10-19)18-24(21,22)15-2-1-11-23-15/h1-6,11,14,18H,7-10H2. The van der Waals surface area contributed by atoms with Crippen molar-refractivity contribution < 1.29 is 17.6 Å². The Morgan fingerprint density at radius 2 is 1.83 bits per heavy atom. The Morgan fingerprint density at radius 1 is 1.17 bits per heavy atom. The number of amides is 1. The second-order valence-corrected chi connectivity index (χ2v) is 8.52. The lowest BCUT2D eigenvalue weighted by Gasteiger charge is -2.32. The van der Waals surface area contributed by atoms with Crippen LogP contribution in [0.5, 0.6) is 0 Å². The van der Waals surface area contributed by atoms with Crippen LogP contribution in [0.15, 0.2) is 46.0 Å². The summed E-state index contributed by atoms with van der Waals surface area (Å²) in [6, 6.07) is 8.52. The van der Waals surface area contributed by atoms with Gasteiger partial charge < -0.3 is 4.90 Å². The van der Waals surface area contributed by atoms with Crippen molar-refractivity contribution in [3.05, 3.63) is 53.2 Å². The molecule has 1 aromatic heterocycles. The first-order chi connectivity index (χ1) is 11.5. The molecule has 2 aromatic rings. The van der Waals surface area contributed by atoms with E-state index >= 15 is 0 Å². The molecule has 1 aliphatic heterocycles. The highest BCUT2D eigenvalue weighted by atomic mass is 32.2. The number of nitrogens with one attached hydrogen (secondary N) is 1. The van der Waals surface area contributed by atoms with E-state index in [0.29, 0.717) is 35.7 Å². The molecule has 1 aromatic carbocycles. The number of benzene rings is 1. The summed E-state index contributed by atoms with van der Waals surface area (Å²) in [7, 11) is -3.49. The summed E-state index contributed by atoms with van der Waals surface area (Å²) in [5, 5.41) is 1.72. The summed E-state index contributed by atoms with van der Waals surface area (Å²) >= 11 is 1.18. The summed E-state index contributed by atoms with van der Waals surface area (Å²) in [5.74, 6) is -0.539. The normalized spacial score (nSPS) is 16.3. The molecule has 128 valence electrons. The van der Waals surface area contributed by atoms with Gasteiger partial charge in [-0.15, -0.1) is 11.3 Å². The van der Waals surface area contributed by atoms with Gasteiger partial charge in [-0.05, 0) is 48.6 Å². The first-order valence-electron chi connectivity index (χ1n) is 7.56. The van der Waals surface area contributed by atoms with Crippen molar-refractivity contribution in [1.29, 1.82) is 0 Å². The van der Waals surface area contributed by atoms with E-state index in [2.05, 4.69) is 4.72 Å². The highest BCUT2D eigenvalue weighted by Gasteiger charge is 2.27. The zero-order chi connectivity index (χ0) is 17.2. The number of nitrogens with zero attached hydrogens (tertiary/aromatic N) is 1. The number of carbonyl (C=O) groups is 1. The van der Waals surface area contributed by atoms with Crippen LogP contribution in [0.4, 0.5) is 4.39 Å². The highest BCUT2D eigenvalue weighted by Crippen LogP contribution is 2.19. The molecule has 1 N–H and O–H groups in total. The summed E-state index contributed by atoms with van der Waals surface area (Å²) in [6.45, 7) is 0.932. The lowest BCUT2D eigenvalue weighted by molar-refractivity contribution is 0.0711. The predicted molar refractivity (Wildman–Crippen MR) is 90.0 cm³/mol. The Kier molecular flexibility index (Phi) is 4.98. The van der Waals surface area contributed by atoms with Crippen molar-refractivity contribution >= 4 is 27.3 Å². The van der Waals surface area contributed by atoms with E-state index < -0.39 is 10.0 Å². The average molecular weight is 368 g/mol. The van der Waals surface area contributed by atoms with Crippen LogP contribution in [0.3, 0.4) is 0 Å². The minimum absolute atomic E-state index is 0.158. The molecule has 0 bridgehead atoms. The molecular weight excluding hydrogens is 351 g/mol. The number of rotatable bonds is 4. The molecule has 1 saturated heterocycles. The van der Waals surface area contributed by atoms with E-state index in [0.717, 1.165) is 0 Å². The largest absolute Gasteiger partial charge is 0.339 e. The molecule has 24 heavy (non-hydrogen) atoms. The Morgan fingerprint density at radius 3 is 2.42 bits per heavy atom. The van der Waals surface area contributed by atoms with Gasteiger partial charge in [-0.3, -0.25) is 4.79 Å². The molecule has 1 amide bonds. The Labute approximate surface area is 144 Å². The maximum absolute atomic E-state index is 12.9. The third-order valence-electron chi connectivity index (χ3n) is 3.96. The van der Waals surface area contributed by atoms with Crippen LogP contribution in [0.1, 0.15) is 23.2 Å². The minimum Gasteiger partial charge on any atom is -0.339 e. The van der Waals surface area contributed by atoms with E-state index in [1.807, 2.05) is 0 Å². The fourth-order valence-corrected chi connectivity index (χ4v) is 4.98. The maximum Gasteiger partial charge on any atom is 0.253 e. The van der Waals surface area contributed by atoms with Crippen LogP contribution >= 0.6 is 11.3 Å². The third kappa shape index (κ3) is 3.82. The number of hydrogen-bond acceptors (Lipinski definition) is 4. The molecule has 8 heteroatoms. The second-order valence-electron chi connectivity index (χ2n) is 5.63. The summed E-state index contributed by atoms with van der Waals surface area (Å²) in [5.41, 5.74) is 0.439. The molecular formula is C16H17FN2O3S2. The summed E-state index contributed by atoms with van der Waals surface area (Å²) in [4.78, 5) is 14.0. The van der Waals surface area contributed by atoms with Crippen molar-refractivity contribution in [3.63, 3.8) is 0 Å². The topological polar surface area (TPSA) is 66.5 Å². The van der Waals surface area contributed by atoms with E-state index in [1.54, 1.807) is 22.4 Å². The molecule has 3 rings (SSSR count). The Bertz CT molecular complexity index is 796.